The molecule has 1 N–H and O–H groups in total. The number of nitrogens with one attached hydrogen (secondary N) is 1. The van der Waals surface area contributed by atoms with Crippen molar-refractivity contribution in [2.24, 2.45) is 0 Å². The Hall–Kier alpha value is -2.83. The molecule has 0 bridgehead atoms. The van der Waals surface area contributed by atoms with Crippen molar-refractivity contribution in [3.63, 3.8) is 0 Å². The molecule has 0 fully saturated rings. The first kappa shape index (κ1) is 19.5. The van der Waals surface area contributed by atoms with E-state index in [2.05, 4.69) is 10.4 Å². The van der Waals surface area contributed by atoms with E-state index in [4.69, 9.17) is 9.47 Å². The van der Waals surface area contributed by atoms with Gasteiger partial charge in [-0.25, -0.2) is 9.59 Å². The lowest BCUT2D eigenvalue weighted by atomic mass is 10.2. The van der Waals surface area contributed by atoms with E-state index in [0.29, 0.717) is 30.1 Å². The predicted octanol–water partition coefficient (Wildman–Crippen LogP) is 3.24. The largest absolute Gasteiger partial charge is 0.444 e. The molecule has 7 nitrogen and oxygen atoms in total. The number of carbonyl (C=O) groups excluding carboxylic acids is 2. The molecule has 0 atom stereocenters. The summed E-state index contributed by atoms with van der Waals surface area (Å²) in [5.74, 6) is 0.0133. The number of aryl methyl sites for hydroxylation is 1. The van der Waals surface area contributed by atoms with Crippen molar-refractivity contribution in [2.45, 2.75) is 46.8 Å². The Morgan fingerprint density at radius 1 is 1.15 bits per heavy atom. The fraction of sp³-hybridized carbons (Fsp3) is 0.421. The molecule has 140 valence electrons. The average molecular weight is 359 g/mol. The number of alkyl carbamates (subject to hydrolysis) is 1. The number of hydrogen-bond donors (Lipinski definition) is 1. The normalized spacial score (nSPS) is 11.1. The molecule has 0 saturated heterocycles. The molecule has 2 rings (SSSR count). The molecular weight excluding hydrogens is 334 g/mol. The van der Waals surface area contributed by atoms with Gasteiger partial charge in [0.25, 0.3) is 0 Å². The minimum Gasteiger partial charge on any atom is -0.444 e. The van der Waals surface area contributed by atoms with Gasteiger partial charge >= 0.3 is 12.1 Å². The van der Waals surface area contributed by atoms with Gasteiger partial charge in [0.15, 0.2) is 5.75 Å². The number of aromatic nitrogens is 2. The number of nitrogens with zero attached hydrogens (tertiary/aromatic N) is 2. The lowest BCUT2D eigenvalue weighted by Crippen LogP contribution is -2.34. The van der Waals surface area contributed by atoms with Crippen LogP contribution in [0.1, 0.15) is 42.5 Å². The van der Waals surface area contributed by atoms with Crippen LogP contribution in [0.5, 0.6) is 5.75 Å². The van der Waals surface area contributed by atoms with E-state index in [9.17, 15) is 9.59 Å². The molecule has 0 aliphatic heterocycles. The van der Waals surface area contributed by atoms with Crippen molar-refractivity contribution in [1.29, 1.82) is 0 Å². The van der Waals surface area contributed by atoms with Crippen LogP contribution in [-0.4, -0.2) is 34.0 Å². The third-order valence-electron chi connectivity index (χ3n) is 3.51. The molecule has 0 saturated carbocycles. The standard InChI is InChI=1S/C19H25N3O4/c1-13-16(25-17(23)15-9-7-6-8-10-15)14(2)22(21-13)12-11-20-18(24)26-19(3,4)5/h6-10H,11-12H2,1-5H3,(H,20,24). The summed E-state index contributed by atoms with van der Waals surface area (Å²) < 4.78 is 12.4. The predicted molar refractivity (Wildman–Crippen MR) is 97.3 cm³/mol. The second kappa shape index (κ2) is 8.03. The summed E-state index contributed by atoms with van der Waals surface area (Å²) in [6.07, 6.45) is -0.477. The summed E-state index contributed by atoms with van der Waals surface area (Å²) in [7, 11) is 0. The molecule has 1 aromatic heterocycles. The van der Waals surface area contributed by atoms with Gasteiger partial charge in [-0.1, -0.05) is 18.2 Å². The maximum Gasteiger partial charge on any atom is 0.407 e. The van der Waals surface area contributed by atoms with Crippen LogP contribution in [0.2, 0.25) is 0 Å². The quantitative estimate of drug-likeness (QED) is 0.829. The van der Waals surface area contributed by atoms with E-state index < -0.39 is 17.7 Å². The van der Waals surface area contributed by atoms with Crippen LogP contribution < -0.4 is 10.1 Å². The Bertz CT molecular complexity index is 776. The Morgan fingerprint density at radius 3 is 2.42 bits per heavy atom. The summed E-state index contributed by atoms with van der Waals surface area (Å²) >= 11 is 0. The number of benzene rings is 1. The van der Waals surface area contributed by atoms with Crippen LogP contribution >= 0.6 is 0 Å². The molecule has 1 heterocycles. The first-order chi connectivity index (χ1) is 12.2. The highest BCUT2D eigenvalue weighted by Crippen LogP contribution is 2.23. The van der Waals surface area contributed by atoms with Crippen molar-refractivity contribution in [3.05, 3.63) is 47.3 Å². The van der Waals surface area contributed by atoms with Crippen LogP contribution in [0.3, 0.4) is 0 Å². The lowest BCUT2D eigenvalue weighted by Gasteiger charge is -2.19. The molecular formula is C19H25N3O4. The third kappa shape index (κ3) is 5.34. The van der Waals surface area contributed by atoms with E-state index in [0.717, 1.165) is 5.69 Å². The van der Waals surface area contributed by atoms with Gasteiger partial charge in [-0.2, -0.15) is 5.10 Å². The number of esters is 1. The van der Waals surface area contributed by atoms with Gasteiger partial charge in [-0.05, 0) is 46.8 Å². The van der Waals surface area contributed by atoms with Crippen molar-refractivity contribution in [3.8, 4) is 5.75 Å². The summed E-state index contributed by atoms with van der Waals surface area (Å²) in [6, 6.07) is 8.79. The fourth-order valence-electron chi connectivity index (χ4n) is 2.35. The Balaban J connectivity index is 1.97. The summed E-state index contributed by atoms with van der Waals surface area (Å²) in [4.78, 5) is 23.9. The first-order valence-electron chi connectivity index (χ1n) is 8.45. The fourth-order valence-corrected chi connectivity index (χ4v) is 2.35. The zero-order valence-corrected chi connectivity index (χ0v) is 15.8. The molecule has 1 aromatic carbocycles. The highest BCUT2D eigenvalue weighted by Gasteiger charge is 2.18. The highest BCUT2D eigenvalue weighted by molar-refractivity contribution is 5.91. The number of carbonyl (C=O) groups is 2. The average Bonchev–Trinajstić information content (AvgIpc) is 2.81. The first-order valence-corrected chi connectivity index (χ1v) is 8.45. The Labute approximate surface area is 153 Å². The maximum absolute atomic E-state index is 12.2. The van der Waals surface area contributed by atoms with Gasteiger partial charge in [0, 0.05) is 6.54 Å². The van der Waals surface area contributed by atoms with Crippen LogP contribution in [-0.2, 0) is 11.3 Å². The van der Waals surface area contributed by atoms with Gasteiger partial charge < -0.3 is 14.8 Å². The SMILES string of the molecule is Cc1nn(CCNC(=O)OC(C)(C)C)c(C)c1OC(=O)c1ccccc1. The van der Waals surface area contributed by atoms with Gasteiger partial charge in [-0.15, -0.1) is 0 Å². The second-order valence-electron chi connectivity index (χ2n) is 6.91. The minimum absolute atomic E-state index is 0.350. The minimum atomic E-state index is -0.541. The Kier molecular flexibility index (Phi) is 6.02. The topological polar surface area (TPSA) is 82.5 Å². The molecule has 1 amide bonds. The zero-order chi connectivity index (χ0) is 19.3. The van der Waals surface area contributed by atoms with Gasteiger partial charge in [-0.3, -0.25) is 4.68 Å². The number of hydrogen-bond acceptors (Lipinski definition) is 5. The second-order valence-corrected chi connectivity index (χ2v) is 6.91. The lowest BCUT2D eigenvalue weighted by molar-refractivity contribution is 0.0525. The maximum atomic E-state index is 12.2. The molecule has 0 spiro atoms. The monoisotopic (exact) mass is 359 g/mol. The number of amides is 1. The van der Waals surface area contributed by atoms with E-state index in [1.165, 1.54) is 0 Å². The van der Waals surface area contributed by atoms with E-state index >= 15 is 0 Å². The summed E-state index contributed by atoms with van der Waals surface area (Å²) in [6.45, 7) is 9.81. The molecule has 0 aliphatic carbocycles. The number of rotatable bonds is 5. The van der Waals surface area contributed by atoms with Gasteiger partial charge in [0.1, 0.15) is 11.3 Å². The smallest absolute Gasteiger partial charge is 0.407 e. The van der Waals surface area contributed by atoms with Crippen LogP contribution in [0.4, 0.5) is 4.79 Å². The Morgan fingerprint density at radius 2 is 1.81 bits per heavy atom. The van der Waals surface area contributed by atoms with E-state index in [1.54, 1.807) is 56.6 Å². The molecule has 26 heavy (non-hydrogen) atoms. The molecule has 0 radical (unpaired) electrons. The van der Waals surface area contributed by atoms with E-state index in [1.807, 2.05) is 13.0 Å². The van der Waals surface area contributed by atoms with Crippen LogP contribution in [0.25, 0.3) is 0 Å². The summed E-state index contributed by atoms with van der Waals surface area (Å²) in [5, 5.41) is 7.06. The molecule has 7 heteroatoms. The molecule has 0 unspecified atom stereocenters. The van der Waals surface area contributed by atoms with Crippen molar-refractivity contribution in [2.75, 3.05) is 6.54 Å². The number of ether oxygens (including phenoxy) is 2. The van der Waals surface area contributed by atoms with Crippen LogP contribution in [0.15, 0.2) is 30.3 Å². The van der Waals surface area contributed by atoms with E-state index in [-0.39, 0.29) is 0 Å². The van der Waals surface area contributed by atoms with Crippen molar-refractivity contribution < 1.29 is 19.1 Å². The van der Waals surface area contributed by atoms with Gasteiger partial charge in [0.2, 0.25) is 0 Å². The highest BCUT2D eigenvalue weighted by atomic mass is 16.6. The zero-order valence-electron chi connectivity index (χ0n) is 15.8. The van der Waals surface area contributed by atoms with Crippen molar-refractivity contribution in [1.82, 2.24) is 15.1 Å². The molecule has 2 aromatic rings. The van der Waals surface area contributed by atoms with Crippen LogP contribution in [0, 0.1) is 13.8 Å². The molecule has 0 aliphatic rings. The summed E-state index contributed by atoms with van der Waals surface area (Å²) in [5.41, 5.74) is 1.27. The third-order valence-corrected chi connectivity index (χ3v) is 3.51. The van der Waals surface area contributed by atoms with Gasteiger partial charge in [0.05, 0.1) is 17.8 Å². The van der Waals surface area contributed by atoms with Crippen molar-refractivity contribution >= 4 is 12.1 Å².